The highest BCUT2D eigenvalue weighted by Gasteiger charge is 2.26. The Bertz CT molecular complexity index is 388. The van der Waals surface area contributed by atoms with Gasteiger partial charge in [0.05, 0.1) is 5.56 Å². The molecule has 0 aliphatic rings. The summed E-state index contributed by atoms with van der Waals surface area (Å²) in [6.45, 7) is 9.17. The summed E-state index contributed by atoms with van der Waals surface area (Å²) in [4.78, 5) is 16.5. The molecular weight excluding hydrogens is 238 g/mol. The molecular formula is C15H25N3O. The number of amides is 1. The van der Waals surface area contributed by atoms with E-state index in [9.17, 15) is 4.79 Å². The van der Waals surface area contributed by atoms with Crippen molar-refractivity contribution in [1.82, 2.24) is 10.3 Å². The van der Waals surface area contributed by atoms with Crippen LogP contribution in [-0.4, -0.2) is 23.0 Å². The van der Waals surface area contributed by atoms with Gasteiger partial charge >= 0.3 is 0 Å². The number of nitrogens with one attached hydrogen (secondary N) is 2. The van der Waals surface area contributed by atoms with Crippen LogP contribution in [0.1, 0.15) is 57.3 Å². The molecule has 0 bridgehead atoms. The normalized spacial score (nSPS) is 11.2. The molecule has 19 heavy (non-hydrogen) atoms. The minimum atomic E-state index is -0.0998. The molecule has 0 aliphatic carbocycles. The third kappa shape index (κ3) is 3.94. The Kier molecular flexibility index (Phi) is 5.80. The van der Waals surface area contributed by atoms with Crippen LogP contribution in [0.5, 0.6) is 0 Å². The standard InChI is InChI=1S/C15H25N3O/c1-5-15(6-2,7-3)18-14(19)12-9-10-13(16-8-4)17-11-12/h9-11H,5-8H2,1-4H3,(H,16,17)(H,18,19). The maximum Gasteiger partial charge on any atom is 0.253 e. The number of anilines is 1. The molecule has 0 radical (unpaired) electrons. The van der Waals surface area contributed by atoms with Crippen LogP contribution in [0.15, 0.2) is 18.3 Å². The summed E-state index contributed by atoms with van der Waals surface area (Å²) in [5, 5.41) is 6.26. The second-order valence-corrected chi connectivity index (χ2v) is 4.76. The number of aromatic nitrogens is 1. The van der Waals surface area contributed by atoms with E-state index in [0.717, 1.165) is 31.6 Å². The molecule has 0 unspecified atom stereocenters. The fourth-order valence-electron chi connectivity index (χ4n) is 2.14. The summed E-state index contributed by atoms with van der Waals surface area (Å²) in [7, 11) is 0. The number of carbonyl (C=O) groups excluding carboxylic acids is 1. The first kappa shape index (κ1) is 15.5. The lowest BCUT2D eigenvalue weighted by atomic mass is 9.89. The zero-order valence-electron chi connectivity index (χ0n) is 12.4. The summed E-state index contributed by atoms with van der Waals surface area (Å²) >= 11 is 0. The number of hydrogen-bond acceptors (Lipinski definition) is 3. The summed E-state index contributed by atoms with van der Waals surface area (Å²) in [6, 6.07) is 3.65. The van der Waals surface area contributed by atoms with E-state index in [0.29, 0.717) is 5.56 Å². The van der Waals surface area contributed by atoms with E-state index < -0.39 is 0 Å². The Morgan fingerprint density at radius 3 is 2.21 bits per heavy atom. The molecule has 1 heterocycles. The van der Waals surface area contributed by atoms with Crippen LogP contribution in [-0.2, 0) is 0 Å². The average molecular weight is 263 g/mol. The lowest BCUT2D eigenvalue weighted by molar-refractivity contribution is 0.0888. The number of nitrogens with zero attached hydrogens (tertiary/aromatic N) is 1. The predicted octanol–water partition coefficient (Wildman–Crippen LogP) is 3.21. The van der Waals surface area contributed by atoms with Gasteiger partial charge < -0.3 is 10.6 Å². The second kappa shape index (κ2) is 7.12. The van der Waals surface area contributed by atoms with Gasteiger partial charge in [-0.2, -0.15) is 0 Å². The lowest BCUT2D eigenvalue weighted by Gasteiger charge is -2.31. The van der Waals surface area contributed by atoms with Crippen LogP contribution in [0, 0.1) is 0 Å². The van der Waals surface area contributed by atoms with Gasteiger partial charge in [-0.3, -0.25) is 4.79 Å². The first-order valence-corrected chi connectivity index (χ1v) is 7.13. The van der Waals surface area contributed by atoms with Gasteiger partial charge in [0.1, 0.15) is 5.82 Å². The Balaban J connectivity index is 2.77. The van der Waals surface area contributed by atoms with E-state index in [1.165, 1.54) is 0 Å². The van der Waals surface area contributed by atoms with Gasteiger partial charge in [-0.05, 0) is 38.3 Å². The van der Waals surface area contributed by atoms with Crippen molar-refractivity contribution in [3.63, 3.8) is 0 Å². The van der Waals surface area contributed by atoms with Crippen molar-refractivity contribution in [2.24, 2.45) is 0 Å². The van der Waals surface area contributed by atoms with Gasteiger partial charge in [0, 0.05) is 18.3 Å². The molecule has 0 fully saturated rings. The highest BCUT2D eigenvalue weighted by atomic mass is 16.1. The van der Waals surface area contributed by atoms with Crippen LogP contribution >= 0.6 is 0 Å². The van der Waals surface area contributed by atoms with Gasteiger partial charge in [0.15, 0.2) is 0 Å². The maximum absolute atomic E-state index is 12.2. The van der Waals surface area contributed by atoms with Crippen molar-refractivity contribution in [3.8, 4) is 0 Å². The molecule has 1 rings (SSSR count). The average Bonchev–Trinajstić information content (AvgIpc) is 2.46. The molecule has 1 amide bonds. The zero-order chi connectivity index (χ0) is 14.3. The smallest absolute Gasteiger partial charge is 0.253 e. The highest BCUT2D eigenvalue weighted by Crippen LogP contribution is 2.20. The van der Waals surface area contributed by atoms with Crippen molar-refractivity contribution in [3.05, 3.63) is 23.9 Å². The van der Waals surface area contributed by atoms with E-state index in [2.05, 4.69) is 36.4 Å². The van der Waals surface area contributed by atoms with E-state index in [1.54, 1.807) is 6.20 Å². The predicted molar refractivity (Wildman–Crippen MR) is 79.5 cm³/mol. The molecule has 2 N–H and O–H groups in total. The largest absolute Gasteiger partial charge is 0.370 e. The molecule has 0 aliphatic heterocycles. The van der Waals surface area contributed by atoms with Gasteiger partial charge in [0.25, 0.3) is 5.91 Å². The third-order valence-corrected chi connectivity index (χ3v) is 3.79. The number of carbonyl (C=O) groups is 1. The molecule has 0 spiro atoms. The van der Waals surface area contributed by atoms with Crippen LogP contribution in [0.25, 0.3) is 0 Å². The zero-order valence-corrected chi connectivity index (χ0v) is 12.4. The number of rotatable bonds is 7. The van der Waals surface area contributed by atoms with Crippen LogP contribution < -0.4 is 10.6 Å². The third-order valence-electron chi connectivity index (χ3n) is 3.79. The van der Waals surface area contributed by atoms with Crippen molar-refractivity contribution in [2.45, 2.75) is 52.5 Å². The molecule has 106 valence electrons. The van der Waals surface area contributed by atoms with E-state index in [-0.39, 0.29) is 11.4 Å². The Morgan fingerprint density at radius 1 is 1.16 bits per heavy atom. The number of pyridine rings is 1. The SMILES string of the molecule is CCNc1ccc(C(=O)NC(CC)(CC)CC)cn1. The monoisotopic (exact) mass is 263 g/mol. The van der Waals surface area contributed by atoms with Crippen molar-refractivity contribution in [2.75, 3.05) is 11.9 Å². The molecule has 0 atom stereocenters. The summed E-state index contributed by atoms with van der Waals surface area (Å²) in [5.41, 5.74) is 0.513. The summed E-state index contributed by atoms with van der Waals surface area (Å²) in [6.07, 6.45) is 4.44. The van der Waals surface area contributed by atoms with E-state index >= 15 is 0 Å². The molecule has 0 aromatic carbocycles. The van der Waals surface area contributed by atoms with Crippen LogP contribution in [0.2, 0.25) is 0 Å². The quantitative estimate of drug-likeness (QED) is 0.794. The molecule has 0 saturated carbocycles. The topological polar surface area (TPSA) is 54.0 Å². The fourth-order valence-corrected chi connectivity index (χ4v) is 2.14. The molecule has 1 aromatic heterocycles. The van der Waals surface area contributed by atoms with Crippen LogP contribution in [0.4, 0.5) is 5.82 Å². The maximum atomic E-state index is 12.2. The van der Waals surface area contributed by atoms with Gasteiger partial charge in [-0.15, -0.1) is 0 Å². The molecule has 4 heteroatoms. The molecule has 4 nitrogen and oxygen atoms in total. The number of hydrogen-bond donors (Lipinski definition) is 2. The minimum absolute atomic E-state index is 0.0406. The molecule has 1 aromatic rings. The second-order valence-electron chi connectivity index (χ2n) is 4.76. The minimum Gasteiger partial charge on any atom is -0.370 e. The highest BCUT2D eigenvalue weighted by molar-refractivity contribution is 5.94. The lowest BCUT2D eigenvalue weighted by Crippen LogP contribution is -2.47. The Labute approximate surface area is 116 Å². The first-order chi connectivity index (χ1) is 9.10. The van der Waals surface area contributed by atoms with E-state index in [1.807, 2.05) is 19.1 Å². The summed E-state index contributed by atoms with van der Waals surface area (Å²) < 4.78 is 0. The van der Waals surface area contributed by atoms with Crippen molar-refractivity contribution in [1.29, 1.82) is 0 Å². The van der Waals surface area contributed by atoms with Crippen molar-refractivity contribution >= 4 is 11.7 Å². The molecule has 0 saturated heterocycles. The summed E-state index contributed by atoms with van der Waals surface area (Å²) in [5.74, 6) is 0.757. The Hall–Kier alpha value is -1.58. The fraction of sp³-hybridized carbons (Fsp3) is 0.600. The van der Waals surface area contributed by atoms with Crippen LogP contribution in [0.3, 0.4) is 0 Å². The Morgan fingerprint density at radius 2 is 1.79 bits per heavy atom. The van der Waals surface area contributed by atoms with Crippen molar-refractivity contribution < 1.29 is 4.79 Å². The van der Waals surface area contributed by atoms with E-state index in [4.69, 9.17) is 0 Å². The van der Waals surface area contributed by atoms with Gasteiger partial charge in [0.2, 0.25) is 0 Å². The van der Waals surface area contributed by atoms with Gasteiger partial charge in [-0.1, -0.05) is 20.8 Å². The van der Waals surface area contributed by atoms with Gasteiger partial charge in [-0.25, -0.2) is 4.98 Å². The first-order valence-electron chi connectivity index (χ1n) is 7.13.